The van der Waals surface area contributed by atoms with Gasteiger partial charge in [0.05, 0.1) is 5.02 Å². The first-order chi connectivity index (χ1) is 9.97. The monoisotopic (exact) mass is 315 g/mol. The Labute approximate surface area is 124 Å². The SMILES string of the molecule is C[C@@H](C(=O)Nc1ccc(OC(F)F)c(Cl)c1)n1cccn1. The van der Waals surface area contributed by atoms with Crippen LogP contribution in [0.25, 0.3) is 0 Å². The number of rotatable bonds is 5. The van der Waals surface area contributed by atoms with Crippen LogP contribution in [-0.2, 0) is 4.79 Å². The summed E-state index contributed by atoms with van der Waals surface area (Å²) < 4.78 is 29.9. The first-order valence-corrected chi connectivity index (χ1v) is 6.39. The Morgan fingerprint density at radius 1 is 1.48 bits per heavy atom. The molecule has 0 unspecified atom stereocenters. The molecule has 1 heterocycles. The number of hydrogen-bond acceptors (Lipinski definition) is 3. The van der Waals surface area contributed by atoms with Gasteiger partial charge in [-0.15, -0.1) is 0 Å². The van der Waals surface area contributed by atoms with E-state index in [0.29, 0.717) is 5.69 Å². The average molecular weight is 316 g/mol. The van der Waals surface area contributed by atoms with Crippen molar-refractivity contribution in [2.24, 2.45) is 0 Å². The highest BCUT2D eigenvalue weighted by Crippen LogP contribution is 2.29. The smallest absolute Gasteiger partial charge is 0.387 e. The summed E-state index contributed by atoms with van der Waals surface area (Å²) in [5.41, 5.74) is 0.380. The van der Waals surface area contributed by atoms with Gasteiger partial charge in [0.2, 0.25) is 5.91 Å². The predicted octanol–water partition coefficient (Wildman–Crippen LogP) is 3.34. The number of alkyl halides is 2. The summed E-state index contributed by atoms with van der Waals surface area (Å²) in [4.78, 5) is 12.0. The summed E-state index contributed by atoms with van der Waals surface area (Å²) in [6, 6.07) is 5.22. The number of ether oxygens (including phenoxy) is 1. The number of nitrogens with zero attached hydrogens (tertiary/aromatic N) is 2. The molecular formula is C13H12ClF2N3O2. The van der Waals surface area contributed by atoms with E-state index in [4.69, 9.17) is 11.6 Å². The molecule has 1 N–H and O–H groups in total. The third kappa shape index (κ3) is 3.91. The van der Waals surface area contributed by atoms with Gasteiger partial charge in [-0.2, -0.15) is 13.9 Å². The van der Waals surface area contributed by atoms with Crippen LogP contribution in [0.2, 0.25) is 5.02 Å². The van der Waals surface area contributed by atoms with E-state index in [1.165, 1.54) is 22.9 Å². The lowest BCUT2D eigenvalue weighted by Gasteiger charge is -2.13. The van der Waals surface area contributed by atoms with E-state index in [1.54, 1.807) is 25.4 Å². The molecule has 0 bridgehead atoms. The van der Waals surface area contributed by atoms with Gasteiger partial charge in [-0.1, -0.05) is 11.6 Å². The second-order valence-corrected chi connectivity index (χ2v) is 4.58. The van der Waals surface area contributed by atoms with Gasteiger partial charge < -0.3 is 10.1 Å². The van der Waals surface area contributed by atoms with Crippen molar-refractivity contribution in [3.63, 3.8) is 0 Å². The minimum atomic E-state index is -2.96. The van der Waals surface area contributed by atoms with Crippen molar-refractivity contribution >= 4 is 23.2 Å². The van der Waals surface area contributed by atoms with Crippen molar-refractivity contribution in [2.75, 3.05) is 5.32 Å². The minimum Gasteiger partial charge on any atom is -0.433 e. The highest BCUT2D eigenvalue weighted by molar-refractivity contribution is 6.32. The van der Waals surface area contributed by atoms with Crippen molar-refractivity contribution in [1.29, 1.82) is 0 Å². The quantitative estimate of drug-likeness (QED) is 0.920. The topological polar surface area (TPSA) is 56.1 Å². The zero-order valence-corrected chi connectivity index (χ0v) is 11.7. The second kappa shape index (κ2) is 6.53. The molecule has 1 aromatic carbocycles. The Bertz CT molecular complexity index is 620. The van der Waals surface area contributed by atoms with Gasteiger partial charge in [0.15, 0.2) is 0 Å². The van der Waals surface area contributed by atoms with Crippen molar-refractivity contribution < 1.29 is 18.3 Å². The van der Waals surface area contributed by atoms with Crippen molar-refractivity contribution in [2.45, 2.75) is 19.6 Å². The van der Waals surface area contributed by atoms with Crippen LogP contribution in [0.4, 0.5) is 14.5 Å². The molecule has 8 heteroatoms. The highest BCUT2D eigenvalue weighted by Gasteiger charge is 2.16. The molecule has 21 heavy (non-hydrogen) atoms. The molecule has 0 saturated heterocycles. The Balaban J connectivity index is 2.06. The number of nitrogens with one attached hydrogen (secondary N) is 1. The van der Waals surface area contributed by atoms with Crippen LogP contribution in [0, 0.1) is 0 Å². The molecule has 0 aliphatic carbocycles. The number of carbonyl (C=O) groups is 1. The van der Waals surface area contributed by atoms with Crippen LogP contribution in [0.5, 0.6) is 5.75 Å². The minimum absolute atomic E-state index is 0.0140. The average Bonchev–Trinajstić information content (AvgIpc) is 2.94. The fraction of sp³-hybridized carbons (Fsp3) is 0.231. The summed E-state index contributed by atoms with van der Waals surface area (Å²) in [6.45, 7) is -1.28. The predicted molar refractivity (Wildman–Crippen MR) is 73.7 cm³/mol. The molecule has 0 aliphatic rings. The lowest BCUT2D eigenvalue weighted by Crippen LogP contribution is -2.23. The van der Waals surface area contributed by atoms with E-state index >= 15 is 0 Å². The largest absolute Gasteiger partial charge is 0.433 e. The lowest BCUT2D eigenvalue weighted by molar-refractivity contribution is -0.119. The fourth-order valence-corrected chi connectivity index (χ4v) is 1.87. The van der Waals surface area contributed by atoms with Crippen molar-refractivity contribution in [1.82, 2.24) is 9.78 Å². The molecular weight excluding hydrogens is 304 g/mol. The Morgan fingerprint density at radius 2 is 2.24 bits per heavy atom. The Morgan fingerprint density at radius 3 is 2.81 bits per heavy atom. The number of hydrogen-bond donors (Lipinski definition) is 1. The lowest BCUT2D eigenvalue weighted by atomic mass is 10.2. The van der Waals surface area contributed by atoms with E-state index in [-0.39, 0.29) is 16.7 Å². The van der Waals surface area contributed by atoms with Gasteiger partial charge in [-0.3, -0.25) is 9.48 Å². The number of carbonyl (C=O) groups excluding carboxylic acids is 1. The summed E-state index contributed by atoms with van der Waals surface area (Å²) in [5, 5.41) is 6.58. The molecule has 0 saturated carbocycles. The fourth-order valence-electron chi connectivity index (χ4n) is 1.65. The molecule has 2 rings (SSSR count). The van der Waals surface area contributed by atoms with E-state index in [0.717, 1.165) is 0 Å². The number of halogens is 3. The van der Waals surface area contributed by atoms with Crippen LogP contribution >= 0.6 is 11.6 Å². The first-order valence-electron chi connectivity index (χ1n) is 6.01. The van der Waals surface area contributed by atoms with Crippen LogP contribution in [-0.4, -0.2) is 22.3 Å². The molecule has 0 aliphatic heterocycles. The van der Waals surface area contributed by atoms with Crippen LogP contribution < -0.4 is 10.1 Å². The van der Waals surface area contributed by atoms with Gasteiger partial charge in [0, 0.05) is 18.1 Å². The zero-order chi connectivity index (χ0) is 15.4. The van der Waals surface area contributed by atoms with Crippen LogP contribution in [0.15, 0.2) is 36.7 Å². The summed E-state index contributed by atoms with van der Waals surface area (Å²) in [6.07, 6.45) is 3.23. The van der Waals surface area contributed by atoms with Gasteiger partial charge in [-0.05, 0) is 31.2 Å². The van der Waals surface area contributed by atoms with E-state index in [1.807, 2.05) is 0 Å². The van der Waals surface area contributed by atoms with E-state index in [9.17, 15) is 13.6 Å². The molecule has 0 radical (unpaired) electrons. The zero-order valence-electron chi connectivity index (χ0n) is 11.0. The summed E-state index contributed by atoms with van der Waals surface area (Å²) >= 11 is 5.81. The number of benzene rings is 1. The molecule has 1 aromatic heterocycles. The normalized spacial score (nSPS) is 12.2. The highest BCUT2D eigenvalue weighted by atomic mass is 35.5. The maximum atomic E-state index is 12.1. The van der Waals surface area contributed by atoms with Crippen LogP contribution in [0.3, 0.4) is 0 Å². The standard InChI is InChI=1S/C13H12ClF2N3O2/c1-8(19-6-2-5-17-19)12(20)18-9-3-4-11(10(14)7-9)21-13(15)16/h2-8,13H,1H3,(H,18,20)/t8-/m0/s1. The number of amides is 1. The van der Waals surface area contributed by atoms with Crippen molar-refractivity contribution in [3.8, 4) is 5.75 Å². The van der Waals surface area contributed by atoms with Gasteiger partial charge in [-0.25, -0.2) is 0 Å². The van der Waals surface area contributed by atoms with Gasteiger partial charge >= 0.3 is 6.61 Å². The Hall–Kier alpha value is -2.15. The van der Waals surface area contributed by atoms with E-state index < -0.39 is 12.7 Å². The third-order valence-corrected chi connectivity index (χ3v) is 3.01. The second-order valence-electron chi connectivity index (χ2n) is 4.18. The van der Waals surface area contributed by atoms with Gasteiger partial charge in [0.25, 0.3) is 0 Å². The molecule has 5 nitrogen and oxygen atoms in total. The first kappa shape index (κ1) is 15.2. The number of anilines is 1. The summed E-state index contributed by atoms with van der Waals surface area (Å²) in [5.74, 6) is -0.456. The Kier molecular flexibility index (Phi) is 4.74. The maximum Gasteiger partial charge on any atom is 0.387 e. The van der Waals surface area contributed by atoms with E-state index in [2.05, 4.69) is 15.2 Å². The summed E-state index contributed by atoms with van der Waals surface area (Å²) in [7, 11) is 0. The molecule has 112 valence electrons. The third-order valence-electron chi connectivity index (χ3n) is 2.72. The van der Waals surface area contributed by atoms with Crippen molar-refractivity contribution in [3.05, 3.63) is 41.7 Å². The number of aromatic nitrogens is 2. The molecule has 1 amide bonds. The molecule has 0 fully saturated rings. The molecule has 0 spiro atoms. The maximum absolute atomic E-state index is 12.1. The molecule has 2 aromatic rings. The molecule has 1 atom stereocenters. The van der Waals surface area contributed by atoms with Gasteiger partial charge in [0.1, 0.15) is 11.8 Å². The van der Waals surface area contributed by atoms with Crippen LogP contribution in [0.1, 0.15) is 13.0 Å².